The molecule has 0 bridgehead atoms. The average Bonchev–Trinajstić information content (AvgIpc) is 3.15. The van der Waals surface area contributed by atoms with Gasteiger partial charge in [-0.3, -0.25) is 4.79 Å². The number of furan rings is 2. The second kappa shape index (κ2) is 7.38. The van der Waals surface area contributed by atoms with E-state index in [1.807, 2.05) is 41.8 Å². The third-order valence-corrected chi connectivity index (χ3v) is 5.54. The van der Waals surface area contributed by atoms with Crippen LogP contribution in [-0.4, -0.2) is 10.8 Å². The highest BCUT2D eigenvalue weighted by Crippen LogP contribution is 2.47. The van der Waals surface area contributed by atoms with Crippen molar-refractivity contribution in [1.29, 1.82) is 0 Å². The van der Waals surface area contributed by atoms with E-state index in [-0.39, 0.29) is 5.91 Å². The van der Waals surface area contributed by atoms with Crippen molar-refractivity contribution in [2.45, 2.75) is 32.4 Å². The van der Waals surface area contributed by atoms with Gasteiger partial charge in [0.25, 0.3) is 0 Å². The first-order valence-electron chi connectivity index (χ1n) is 8.80. The maximum Gasteiger partial charge on any atom is 0.247 e. The molecule has 1 saturated carbocycles. The molecule has 2 unspecified atom stereocenters. The third-order valence-electron chi connectivity index (χ3n) is 4.68. The van der Waals surface area contributed by atoms with Gasteiger partial charge in [0.1, 0.15) is 17.3 Å². The van der Waals surface area contributed by atoms with Crippen LogP contribution < -0.4 is 0 Å². The highest BCUT2D eigenvalue weighted by molar-refractivity contribution is 7.09. The molecule has 0 aromatic carbocycles. The molecule has 1 amide bonds. The zero-order valence-electron chi connectivity index (χ0n) is 14.6. The molecule has 3 heterocycles. The van der Waals surface area contributed by atoms with Crippen LogP contribution in [0.2, 0.25) is 0 Å². The lowest BCUT2D eigenvalue weighted by Crippen LogP contribution is -2.27. The van der Waals surface area contributed by atoms with Crippen LogP contribution in [0.5, 0.6) is 0 Å². The van der Waals surface area contributed by atoms with Crippen LogP contribution in [0.3, 0.4) is 0 Å². The number of amides is 1. The first kappa shape index (κ1) is 16.9. The van der Waals surface area contributed by atoms with Gasteiger partial charge in [0, 0.05) is 16.9 Å². The molecule has 134 valence electrons. The molecule has 0 saturated heterocycles. The Balaban J connectivity index is 1.45. The molecule has 3 aromatic rings. The highest BCUT2D eigenvalue weighted by atomic mass is 32.1. The van der Waals surface area contributed by atoms with Gasteiger partial charge < -0.3 is 13.7 Å². The monoisotopic (exact) mass is 367 g/mol. The minimum Gasteiger partial charge on any atom is -0.467 e. The molecule has 5 heteroatoms. The van der Waals surface area contributed by atoms with E-state index in [1.54, 1.807) is 34.7 Å². The Morgan fingerprint density at radius 2 is 2.15 bits per heavy atom. The van der Waals surface area contributed by atoms with Crippen LogP contribution in [0.4, 0.5) is 0 Å². The fourth-order valence-corrected chi connectivity index (χ4v) is 3.75. The summed E-state index contributed by atoms with van der Waals surface area (Å²) in [5.74, 6) is 3.70. The maximum atomic E-state index is 12.7. The molecule has 1 aliphatic rings. The Morgan fingerprint density at radius 1 is 1.27 bits per heavy atom. The van der Waals surface area contributed by atoms with Crippen molar-refractivity contribution >= 4 is 23.3 Å². The first-order chi connectivity index (χ1) is 12.7. The van der Waals surface area contributed by atoms with Crippen molar-refractivity contribution in [2.24, 2.45) is 5.92 Å². The molecule has 0 spiro atoms. The fraction of sp³-hybridized carbons (Fsp3) is 0.286. The predicted octanol–water partition coefficient (Wildman–Crippen LogP) is 5.30. The van der Waals surface area contributed by atoms with E-state index in [9.17, 15) is 4.79 Å². The SMILES string of the molecule is CC1CC1c1ccc(C=CC(=O)N(Cc2ccco2)Cc2cccs2)o1. The second-order valence-electron chi connectivity index (χ2n) is 6.75. The van der Waals surface area contributed by atoms with Crippen LogP contribution in [0.15, 0.2) is 63.0 Å². The fourth-order valence-electron chi connectivity index (χ4n) is 3.03. The Kier molecular flexibility index (Phi) is 4.80. The average molecular weight is 367 g/mol. The van der Waals surface area contributed by atoms with Crippen LogP contribution in [0.25, 0.3) is 6.08 Å². The molecule has 26 heavy (non-hydrogen) atoms. The molecule has 1 aliphatic carbocycles. The zero-order chi connectivity index (χ0) is 17.9. The van der Waals surface area contributed by atoms with Crippen molar-refractivity contribution in [3.8, 4) is 0 Å². The minimum atomic E-state index is -0.0625. The molecule has 0 N–H and O–H groups in total. The van der Waals surface area contributed by atoms with Gasteiger partial charge in [-0.15, -0.1) is 11.3 Å². The molecular formula is C21H21NO3S. The van der Waals surface area contributed by atoms with Gasteiger partial charge in [0.05, 0.1) is 19.4 Å². The summed E-state index contributed by atoms with van der Waals surface area (Å²) in [6, 6.07) is 11.7. The summed E-state index contributed by atoms with van der Waals surface area (Å²) in [4.78, 5) is 15.6. The van der Waals surface area contributed by atoms with E-state index in [1.165, 1.54) is 6.42 Å². The standard InChI is InChI=1S/C21H21NO3S/c1-15-12-19(15)20-8-6-16(25-20)7-9-21(23)22(13-17-4-2-10-24-17)14-18-5-3-11-26-18/h2-11,15,19H,12-14H2,1H3. The number of carbonyl (C=O) groups is 1. The molecule has 1 fully saturated rings. The van der Waals surface area contributed by atoms with Gasteiger partial charge in [0.2, 0.25) is 5.91 Å². The first-order valence-corrected chi connectivity index (χ1v) is 9.68. The number of hydrogen-bond donors (Lipinski definition) is 0. The van der Waals surface area contributed by atoms with Crippen LogP contribution in [0, 0.1) is 5.92 Å². The molecule has 0 aliphatic heterocycles. The summed E-state index contributed by atoms with van der Waals surface area (Å²) in [6.07, 6.45) is 6.15. The van der Waals surface area contributed by atoms with Gasteiger partial charge >= 0.3 is 0 Å². The summed E-state index contributed by atoms with van der Waals surface area (Å²) < 4.78 is 11.3. The van der Waals surface area contributed by atoms with Gasteiger partial charge in [-0.1, -0.05) is 13.0 Å². The number of nitrogens with zero attached hydrogens (tertiary/aromatic N) is 1. The largest absolute Gasteiger partial charge is 0.467 e. The Morgan fingerprint density at radius 3 is 2.85 bits per heavy atom. The van der Waals surface area contributed by atoms with Crippen LogP contribution in [0.1, 0.15) is 41.4 Å². The topological polar surface area (TPSA) is 46.6 Å². The van der Waals surface area contributed by atoms with E-state index in [0.717, 1.165) is 22.2 Å². The molecular weight excluding hydrogens is 346 g/mol. The summed E-state index contributed by atoms with van der Waals surface area (Å²) >= 11 is 1.64. The number of carbonyl (C=O) groups excluding carboxylic acids is 1. The summed E-state index contributed by atoms with van der Waals surface area (Å²) in [5, 5.41) is 2.02. The molecule has 3 aromatic heterocycles. The second-order valence-corrected chi connectivity index (χ2v) is 7.78. The lowest BCUT2D eigenvalue weighted by atomic mass is 10.3. The number of thiophene rings is 1. The molecule has 4 rings (SSSR count). The molecule has 2 atom stereocenters. The van der Waals surface area contributed by atoms with E-state index in [2.05, 4.69) is 6.92 Å². The lowest BCUT2D eigenvalue weighted by molar-refractivity contribution is -0.127. The van der Waals surface area contributed by atoms with E-state index in [0.29, 0.717) is 24.9 Å². The normalized spacial score (nSPS) is 19.1. The lowest BCUT2D eigenvalue weighted by Gasteiger charge is -2.19. The summed E-state index contributed by atoms with van der Waals surface area (Å²) in [5.41, 5.74) is 0. The van der Waals surface area contributed by atoms with Gasteiger partial charge in [-0.25, -0.2) is 0 Å². The Hall–Kier alpha value is -2.53. The van der Waals surface area contributed by atoms with Crippen molar-refractivity contribution < 1.29 is 13.6 Å². The van der Waals surface area contributed by atoms with E-state index >= 15 is 0 Å². The van der Waals surface area contributed by atoms with Gasteiger partial charge in [-0.2, -0.15) is 0 Å². The molecule has 4 nitrogen and oxygen atoms in total. The van der Waals surface area contributed by atoms with E-state index < -0.39 is 0 Å². The minimum absolute atomic E-state index is 0.0625. The quantitative estimate of drug-likeness (QED) is 0.532. The zero-order valence-corrected chi connectivity index (χ0v) is 15.4. The van der Waals surface area contributed by atoms with Crippen LogP contribution >= 0.6 is 11.3 Å². The van der Waals surface area contributed by atoms with Crippen molar-refractivity contribution in [2.75, 3.05) is 0 Å². The predicted molar refractivity (Wildman–Crippen MR) is 102 cm³/mol. The third kappa shape index (κ3) is 3.99. The Bertz CT molecular complexity index is 840. The van der Waals surface area contributed by atoms with Crippen molar-refractivity contribution in [3.05, 3.63) is 76.3 Å². The molecule has 0 radical (unpaired) electrons. The number of rotatable bonds is 7. The van der Waals surface area contributed by atoms with E-state index in [4.69, 9.17) is 8.83 Å². The maximum absolute atomic E-state index is 12.7. The number of hydrogen-bond acceptors (Lipinski definition) is 4. The summed E-state index contributed by atoms with van der Waals surface area (Å²) in [7, 11) is 0. The smallest absolute Gasteiger partial charge is 0.247 e. The van der Waals surface area contributed by atoms with Gasteiger partial charge in [-0.05, 0) is 54.1 Å². The summed E-state index contributed by atoms with van der Waals surface area (Å²) in [6.45, 7) is 3.23. The van der Waals surface area contributed by atoms with Crippen LogP contribution in [-0.2, 0) is 17.9 Å². The van der Waals surface area contributed by atoms with Crippen molar-refractivity contribution in [3.63, 3.8) is 0 Å². The Labute approximate surface area is 156 Å². The van der Waals surface area contributed by atoms with Gasteiger partial charge in [0.15, 0.2) is 0 Å². The van der Waals surface area contributed by atoms with Crippen molar-refractivity contribution in [1.82, 2.24) is 4.90 Å². The highest BCUT2D eigenvalue weighted by Gasteiger charge is 2.36.